The standard InChI is InChI=1S/C26H42O11S/c1-3-8-29-9-10-30-11-12-31-13-14-32-15-16-33-17-18-34-19-20-35-21-22-36-23-24-37-38(27,28)26-6-4-25(2)5-7-26/h1,4-7H,8-24H2,2H3. The molecule has 1 aromatic carbocycles. The van der Waals surface area contributed by atoms with Crippen LogP contribution in [-0.2, 0) is 52.2 Å². The molecule has 1 aromatic rings. The van der Waals surface area contributed by atoms with E-state index in [1.165, 1.54) is 12.1 Å². The fraction of sp³-hybridized carbons (Fsp3) is 0.692. The Bertz CT molecular complexity index is 809. The second-order valence-electron chi connectivity index (χ2n) is 7.63. The molecule has 0 bridgehead atoms. The van der Waals surface area contributed by atoms with Gasteiger partial charge in [-0.05, 0) is 19.1 Å². The average molecular weight is 563 g/mol. The highest BCUT2D eigenvalue weighted by Crippen LogP contribution is 2.12. The predicted octanol–water partition coefficient (Wildman–Crippen LogP) is 1.47. The van der Waals surface area contributed by atoms with Crippen molar-refractivity contribution in [3.05, 3.63) is 29.8 Å². The van der Waals surface area contributed by atoms with E-state index in [-0.39, 0.29) is 18.1 Å². The highest BCUT2D eigenvalue weighted by atomic mass is 32.2. The van der Waals surface area contributed by atoms with Crippen LogP contribution in [0.2, 0.25) is 0 Å². The van der Waals surface area contributed by atoms with Gasteiger partial charge in [-0.2, -0.15) is 8.42 Å². The van der Waals surface area contributed by atoms with Crippen molar-refractivity contribution in [2.75, 3.05) is 112 Å². The van der Waals surface area contributed by atoms with Crippen molar-refractivity contribution in [3.63, 3.8) is 0 Å². The number of terminal acetylenes is 1. The van der Waals surface area contributed by atoms with Gasteiger partial charge in [0, 0.05) is 0 Å². The summed E-state index contributed by atoms with van der Waals surface area (Å²) in [7, 11) is -3.77. The maximum absolute atomic E-state index is 12.0. The largest absolute Gasteiger partial charge is 0.377 e. The minimum absolute atomic E-state index is 0.0564. The molecule has 0 spiro atoms. The molecule has 0 N–H and O–H groups in total. The van der Waals surface area contributed by atoms with Crippen molar-refractivity contribution in [3.8, 4) is 12.3 Å². The van der Waals surface area contributed by atoms with Gasteiger partial charge in [-0.3, -0.25) is 4.18 Å². The van der Waals surface area contributed by atoms with Crippen LogP contribution >= 0.6 is 0 Å². The molecular formula is C26H42O11S. The smallest absolute Gasteiger partial charge is 0.297 e. The minimum Gasteiger partial charge on any atom is -0.377 e. The van der Waals surface area contributed by atoms with Gasteiger partial charge in [-0.1, -0.05) is 23.6 Å². The van der Waals surface area contributed by atoms with Gasteiger partial charge in [0.2, 0.25) is 0 Å². The molecule has 0 heterocycles. The molecule has 0 unspecified atom stereocenters. The molecule has 0 aliphatic heterocycles. The molecule has 0 amide bonds. The molecule has 1 rings (SSSR count). The van der Waals surface area contributed by atoms with Crippen LogP contribution in [0.15, 0.2) is 29.2 Å². The molecule has 0 aliphatic carbocycles. The van der Waals surface area contributed by atoms with Crippen LogP contribution in [0.3, 0.4) is 0 Å². The molecular weight excluding hydrogens is 520 g/mol. The highest BCUT2D eigenvalue weighted by Gasteiger charge is 2.14. The average Bonchev–Trinajstić information content (AvgIpc) is 2.91. The second-order valence-corrected chi connectivity index (χ2v) is 9.25. The number of hydrogen-bond donors (Lipinski definition) is 0. The highest BCUT2D eigenvalue weighted by molar-refractivity contribution is 7.86. The summed E-state index contributed by atoms with van der Waals surface area (Å²) < 4.78 is 71.8. The molecule has 11 nitrogen and oxygen atoms in total. The number of ether oxygens (including phenoxy) is 8. The third kappa shape index (κ3) is 20.3. The van der Waals surface area contributed by atoms with Gasteiger partial charge in [-0.15, -0.1) is 6.42 Å². The van der Waals surface area contributed by atoms with Crippen molar-refractivity contribution in [2.45, 2.75) is 11.8 Å². The number of aryl methyl sites for hydroxylation is 1. The Labute approximate surface area is 227 Å². The number of hydrogen-bond acceptors (Lipinski definition) is 11. The molecule has 218 valence electrons. The summed E-state index contributed by atoms with van der Waals surface area (Å²) in [5.41, 5.74) is 0.976. The molecule has 0 aromatic heterocycles. The van der Waals surface area contributed by atoms with Crippen molar-refractivity contribution >= 4 is 10.1 Å². The van der Waals surface area contributed by atoms with E-state index >= 15 is 0 Å². The summed E-state index contributed by atoms with van der Waals surface area (Å²) in [5, 5.41) is 0. The summed E-state index contributed by atoms with van der Waals surface area (Å²) in [5.74, 6) is 2.39. The van der Waals surface area contributed by atoms with E-state index in [4.69, 9.17) is 48.5 Å². The number of benzene rings is 1. The minimum atomic E-state index is -3.77. The summed E-state index contributed by atoms with van der Waals surface area (Å²) >= 11 is 0. The molecule has 0 aliphatic rings. The van der Waals surface area contributed by atoms with Gasteiger partial charge in [0.1, 0.15) is 6.61 Å². The summed E-state index contributed by atoms with van der Waals surface area (Å²) in [6.07, 6.45) is 5.07. The van der Waals surface area contributed by atoms with Crippen LogP contribution in [0.5, 0.6) is 0 Å². The lowest BCUT2D eigenvalue weighted by molar-refractivity contribution is -0.0230. The lowest BCUT2D eigenvalue weighted by Gasteiger charge is -2.09. The Hall–Kier alpha value is -1.63. The summed E-state index contributed by atoms with van der Waals surface area (Å²) in [4.78, 5) is 0.129. The first-order chi connectivity index (χ1) is 18.6. The molecule has 38 heavy (non-hydrogen) atoms. The van der Waals surface area contributed by atoms with Crippen molar-refractivity contribution in [2.24, 2.45) is 0 Å². The van der Waals surface area contributed by atoms with Crippen LogP contribution in [0.4, 0.5) is 0 Å². The Morgan fingerprint density at radius 1 is 0.553 bits per heavy atom. The molecule has 0 saturated heterocycles. The van der Waals surface area contributed by atoms with Crippen LogP contribution in [-0.4, -0.2) is 121 Å². The van der Waals surface area contributed by atoms with E-state index < -0.39 is 10.1 Å². The maximum Gasteiger partial charge on any atom is 0.297 e. The lowest BCUT2D eigenvalue weighted by atomic mass is 10.2. The van der Waals surface area contributed by atoms with E-state index in [0.717, 1.165) is 5.56 Å². The van der Waals surface area contributed by atoms with Gasteiger partial charge in [0.15, 0.2) is 0 Å². The van der Waals surface area contributed by atoms with Crippen LogP contribution in [0.1, 0.15) is 5.56 Å². The Morgan fingerprint density at radius 3 is 1.21 bits per heavy atom. The third-order valence-corrected chi connectivity index (χ3v) is 5.89. The third-order valence-electron chi connectivity index (χ3n) is 4.57. The SMILES string of the molecule is C#CCOCCOCCOCCOCCOCCOCCOCCOCCOS(=O)(=O)c1ccc(C)cc1. The fourth-order valence-electron chi connectivity index (χ4n) is 2.65. The second kappa shape index (κ2) is 24.4. The van der Waals surface area contributed by atoms with Crippen molar-refractivity contribution in [1.82, 2.24) is 0 Å². The fourth-order valence-corrected chi connectivity index (χ4v) is 3.54. The van der Waals surface area contributed by atoms with Gasteiger partial charge >= 0.3 is 0 Å². The van der Waals surface area contributed by atoms with E-state index in [9.17, 15) is 8.42 Å². The molecule has 0 fully saturated rings. The summed E-state index contributed by atoms with van der Waals surface area (Å²) in [6, 6.07) is 6.48. The Balaban J connectivity index is 1.74. The quantitative estimate of drug-likeness (QED) is 0.0881. The van der Waals surface area contributed by atoms with E-state index in [1.54, 1.807) is 12.1 Å². The monoisotopic (exact) mass is 562 g/mol. The predicted molar refractivity (Wildman–Crippen MR) is 140 cm³/mol. The van der Waals surface area contributed by atoms with Gasteiger partial charge in [-0.25, -0.2) is 0 Å². The van der Waals surface area contributed by atoms with Crippen LogP contribution in [0.25, 0.3) is 0 Å². The van der Waals surface area contributed by atoms with Crippen LogP contribution < -0.4 is 0 Å². The first-order valence-corrected chi connectivity index (χ1v) is 14.0. The summed E-state index contributed by atoms with van der Waals surface area (Å²) in [6.45, 7) is 8.71. The zero-order chi connectivity index (χ0) is 27.6. The first kappa shape index (κ1) is 34.4. The van der Waals surface area contributed by atoms with Crippen LogP contribution in [0, 0.1) is 19.3 Å². The zero-order valence-corrected chi connectivity index (χ0v) is 23.1. The topological polar surface area (TPSA) is 117 Å². The molecule has 0 saturated carbocycles. The molecule has 12 heteroatoms. The molecule has 0 atom stereocenters. The van der Waals surface area contributed by atoms with Crippen molar-refractivity contribution < 1.29 is 50.5 Å². The Kier molecular flexibility index (Phi) is 22.1. The lowest BCUT2D eigenvalue weighted by Crippen LogP contribution is -2.15. The van der Waals surface area contributed by atoms with E-state index in [1.807, 2.05) is 6.92 Å². The molecule has 0 radical (unpaired) electrons. The van der Waals surface area contributed by atoms with Gasteiger partial charge < -0.3 is 37.9 Å². The van der Waals surface area contributed by atoms with Crippen molar-refractivity contribution in [1.29, 1.82) is 0 Å². The maximum atomic E-state index is 12.0. The van der Waals surface area contributed by atoms with E-state index in [0.29, 0.717) is 99.1 Å². The Morgan fingerprint density at radius 2 is 0.868 bits per heavy atom. The number of rotatable bonds is 27. The zero-order valence-electron chi connectivity index (χ0n) is 22.3. The van der Waals surface area contributed by atoms with Gasteiger partial charge in [0.05, 0.1) is 111 Å². The first-order valence-electron chi connectivity index (χ1n) is 12.6. The normalized spacial score (nSPS) is 11.6. The van der Waals surface area contributed by atoms with E-state index in [2.05, 4.69) is 5.92 Å². The van der Waals surface area contributed by atoms with Gasteiger partial charge in [0.25, 0.3) is 10.1 Å².